The summed E-state index contributed by atoms with van der Waals surface area (Å²) in [5.41, 5.74) is 2.17. The summed E-state index contributed by atoms with van der Waals surface area (Å²) in [7, 11) is 0. The molecule has 1 N–H and O–H groups in total. The molecule has 26 heavy (non-hydrogen) atoms. The van der Waals surface area contributed by atoms with E-state index in [0.717, 1.165) is 21.9 Å². The van der Waals surface area contributed by atoms with Gasteiger partial charge >= 0.3 is 0 Å². The minimum atomic E-state index is -0.0747. The van der Waals surface area contributed by atoms with Gasteiger partial charge in [0.15, 0.2) is 0 Å². The van der Waals surface area contributed by atoms with Crippen molar-refractivity contribution < 1.29 is 9.53 Å². The average Bonchev–Trinajstić information content (AvgIpc) is 3.42. The van der Waals surface area contributed by atoms with Crippen LogP contribution in [0.5, 0.6) is 5.75 Å². The molecule has 132 valence electrons. The Morgan fingerprint density at radius 2 is 1.88 bits per heavy atom. The summed E-state index contributed by atoms with van der Waals surface area (Å²) < 4.78 is 5.90. The molecule has 1 amide bonds. The van der Waals surface area contributed by atoms with Crippen molar-refractivity contribution in [3.63, 3.8) is 0 Å². The molecule has 0 spiro atoms. The van der Waals surface area contributed by atoms with Gasteiger partial charge in [-0.05, 0) is 24.5 Å². The Bertz CT molecular complexity index is 888. The SMILES string of the molecule is O=C(NCCOc1ccccc1-c1ccccc1)c1cnc(C2CC2)s1. The molecule has 0 atom stereocenters. The molecule has 1 fully saturated rings. The summed E-state index contributed by atoms with van der Waals surface area (Å²) in [5, 5.41) is 3.99. The second kappa shape index (κ2) is 7.70. The van der Waals surface area contributed by atoms with Gasteiger partial charge < -0.3 is 10.1 Å². The first-order valence-corrected chi connectivity index (χ1v) is 9.64. The number of carbonyl (C=O) groups is 1. The van der Waals surface area contributed by atoms with Gasteiger partial charge in [0.25, 0.3) is 5.91 Å². The molecule has 1 aliphatic rings. The Labute approximate surface area is 156 Å². The van der Waals surface area contributed by atoms with Crippen molar-refractivity contribution in [1.29, 1.82) is 0 Å². The number of ether oxygens (including phenoxy) is 1. The maximum atomic E-state index is 12.2. The van der Waals surface area contributed by atoms with Gasteiger partial charge in [0.2, 0.25) is 0 Å². The van der Waals surface area contributed by atoms with Crippen molar-refractivity contribution in [3.8, 4) is 16.9 Å². The highest BCUT2D eigenvalue weighted by atomic mass is 32.1. The standard InChI is InChI=1S/C21H20N2O2S/c24-20(19-14-23-21(26-19)16-10-11-16)22-12-13-25-18-9-5-4-8-17(18)15-6-2-1-3-7-15/h1-9,14,16H,10-13H2,(H,22,24). The van der Waals surface area contributed by atoms with E-state index in [4.69, 9.17) is 4.74 Å². The molecule has 0 bridgehead atoms. The molecule has 0 unspecified atom stereocenters. The van der Waals surface area contributed by atoms with E-state index in [1.165, 1.54) is 24.2 Å². The number of carbonyl (C=O) groups excluding carboxylic acids is 1. The molecular formula is C21H20N2O2S. The molecule has 0 radical (unpaired) electrons. The van der Waals surface area contributed by atoms with Crippen LogP contribution in [0.3, 0.4) is 0 Å². The van der Waals surface area contributed by atoms with Crippen molar-refractivity contribution in [2.45, 2.75) is 18.8 Å². The fraction of sp³-hybridized carbons (Fsp3) is 0.238. The third-order valence-electron chi connectivity index (χ3n) is 4.29. The summed E-state index contributed by atoms with van der Waals surface area (Å²) in [6, 6.07) is 18.1. The van der Waals surface area contributed by atoms with Gasteiger partial charge in [0.1, 0.15) is 17.2 Å². The highest BCUT2D eigenvalue weighted by molar-refractivity contribution is 7.13. The molecular weight excluding hydrogens is 344 g/mol. The number of para-hydroxylation sites is 1. The molecule has 1 aliphatic carbocycles. The molecule has 2 aromatic carbocycles. The van der Waals surface area contributed by atoms with Crippen molar-refractivity contribution in [1.82, 2.24) is 10.3 Å². The van der Waals surface area contributed by atoms with Gasteiger partial charge in [0.05, 0.1) is 17.7 Å². The van der Waals surface area contributed by atoms with E-state index in [1.807, 2.05) is 42.5 Å². The first-order chi connectivity index (χ1) is 12.8. The largest absolute Gasteiger partial charge is 0.491 e. The number of aromatic nitrogens is 1. The molecule has 1 heterocycles. The minimum absolute atomic E-state index is 0.0747. The topological polar surface area (TPSA) is 51.2 Å². The van der Waals surface area contributed by atoms with E-state index in [9.17, 15) is 4.79 Å². The van der Waals surface area contributed by atoms with Crippen LogP contribution in [0, 0.1) is 0 Å². The third-order valence-corrected chi connectivity index (χ3v) is 5.45. The number of thiazole rings is 1. The zero-order valence-corrected chi connectivity index (χ0v) is 15.2. The molecule has 0 saturated heterocycles. The van der Waals surface area contributed by atoms with E-state index in [2.05, 4.69) is 22.4 Å². The lowest BCUT2D eigenvalue weighted by atomic mass is 10.1. The number of amides is 1. The van der Waals surface area contributed by atoms with Crippen LogP contribution in [-0.2, 0) is 0 Å². The van der Waals surface area contributed by atoms with E-state index in [0.29, 0.717) is 23.9 Å². The van der Waals surface area contributed by atoms with Gasteiger partial charge in [0, 0.05) is 11.5 Å². The van der Waals surface area contributed by atoms with Crippen LogP contribution in [0.1, 0.15) is 33.4 Å². The van der Waals surface area contributed by atoms with Gasteiger partial charge in [-0.1, -0.05) is 48.5 Å². The summed E-state index contributed by atoms with van der Waals surface area (Å²) in [5.74, 6) is 1.33. The maximum absolute atomic E-state index is 12.2. The number of benzene rings is 2. The number of nitrogens with zero attached hydrogens (tertiary/aromatic N) is 1. The maximum Gasteiger partial charge on any atom is 0.263 e. The van der Waals surface area contributed by atoms with E-state index >= 15 is 0 Å². The third kappa shape index (κ3) is 3.94. The summed E-state index contributed by atoms with van der Waals surface area (Å²) in [6.45, 7) is 0.877. The molecule has 0 aliphatic heterocycles. The number of rotatable bonds is 7. The summed E-state index contributed by atoms with van der Waals surface area (Å²) in [6.07, 6.45) is 4.08. The molecule has 1 saturated carbocycles. The van der Waals surface area contributed by atoms with Gasteiger partial charge in [-0.15, -0.1) is 11.3 Å². The summed E-state index contributed by atoms with van der Waals surface area (Å²) >= 11 is 1.50. The normalized spacial score (nSPS) is 13.4. The fourth-order valence-corrected chi connectivity index (χ4v) is 3.78. The minimum Gasteiger partial charge on any atom is -0.491 e. The van der Waals surface area contributed by atoms with Gasteiger partial charge in [-0.2, -0.15) is 0 Å². The lowest BCUT2D eigenvalue weighted by Crippen LogP contribution is -2.27. The van der Waals surface area contributed by atoms with Crippen molar-refractivity contribution >= 4 is 17.2 Å². The van der Waals surface area contributed by atoms with Gasteiger partial charge in [-0.25, -0.2) is 4.98 Å². The lowest BCUT2D eigenvalue weighted by molar-refractivity contribution is 0.0951. The predicted molar refractivity (Wildman–Crippen MR) is 104 cm³/mol. The van der Waals surface area contributed by atoms with E-state index in [-0.39, 0.29) is 5.91 Å². The van der Waals surface area contributed by atoms with Crippen LogP contribution < -0.4 is 10.1 Å². The van der Waals surface area contributed by atoms with E-state index in [1.54, 1.807) is 6.20 Å². The highest BCUT2D eigenvalue weighted by Crippen LogP contribution is 2.41. The second-order valence-electron chi connectivity index (χ2n) is 6.30. The van der Waals surface area contributed by atoms with Crippen molar-refractivity contribution in [2.24, 2.45) is 0 Å². The van der Waals surface area contributed by atoms with Crippen LogP contribution in [0.4, 0.5) is 0 Å². The van der Waals surface area contributed by atoms with Crippen LogP contribution >= 0.6 is 11.3 Å². The van der Waals surface area contributed by atoms with Crippen molar-refractivity contribution in [3.05, 3.63) is 70.7 Å². The first kappa shape index (κ1) is 16.8. The van der Waals surface area contributed by atoms with Crippen LogP contribution in [0.15, 0.2) is 60.8 Å². The Morgan fingerprint density at radius 3 is 2.69 bits per heavy atom. The van der Waals surface area contributed by atoms with Crippen molar-refractivity contribution in [2.75, 3.05) is 13.2 Å². The van der Waals surface area contributed by atoms with Crippen LogP contribution in [0.25, 0.3) is 11.1 Å². The Balaban J connectivity index is 1.31. The Hall–Kier alpha value is -2.66. The molecule has 3 aromatic rings. The summed E-state index contributed by atoms with van der Waals surface area (Å²) in [4.78, 5) is 17.2. The molecule has 4 nitrogen and oxygen atoms in total. The predicted octanol–water partition coefficient (Wildman–Crippen LogP) is 4.50. The van der Waals surface area contributed by atoms with Crippen LogP contribution in [0.2, 0.25) is 0 Å². The highest BCUT2D eigenvalue weighted by Gasteiger charge is 2.27. The first-order valence-electron chi connectivity index (χ1n) is 8.82. The number of hydrogen-bond donors (Lipinski definition) is 1. The zero-order chi connectivity index (χ0) is 17.8. The monoisotopic (exact) mass is 364 g/mol. The quantitative estimate of drug-likeness (QED) is 0.628. The molecule has 4 rings (SSSR count). The zero-order valence-electron chi connectivity index (χ0n) is 14.4. The Kier molecular flexibility index (Phi) is 4.97. The lowest BCUT2D eigenvalue weighted by Gasteiger charge is -2.12. The molecule has 1 aromatic heterocycles. The number of hydrogen-bond acceptors (Lipinski definition) is 4. The van der Waals surface area contributed by atoms with Gasteiger partial charge in [-0.3, -0.25) is 4.79 Å². The average molecular weight is 364 g/mol. The van der Waals surface area contributed by atoms with E-state index < -0.39 is 0 Å². The molecule has 5 heteroatoms. The van der Waals surface area contributed by atoms with Crippen LogP contribution in [-0.4, -0.2) is 24.0 Å². The Morgan fingerprint density at radius 1 is 1.12 bits per heavy atom. The number of nitrogens with one attached hydrogen (secondary N) is 1. The smallest absolute Gasteiger partial charge is 0.263 e. The fourth-order valence-electron chi connectivity index (χ4n) is 2.77. The second-order valence-corrected chi connectivity index (χ2v) is 7.37.